The Morgan fingerprint density at radius 1 is 1.15 bits per heavy atom. The van der Waals surface area contributed by atoms with Crippen molar-refractivity contribution in [2.24, 2.45) is 0 Å². The molecule has 0 aliphatic rings. The molecule has 2 rings (SSSR count). The fourth-order valence-electron chi connectivity index (χ4n) is 2.17. The van der Waals surface area contributed by atoms with Crippen molar-refractivity contribution in [1.29, 1.82) is 0 Å². The molecule has 4 heteroatoms. The van der Waals surface area contributed by atoms with Crippen molar-refractivity contribution in [3.8, 4) is 0 Å². The molecule has 1 aromatic carbocycles. The number of carbonyl (C=O) groups excluding carboxylic acids is 1. The van der Waals surface area contributed by atoms with Crippen LogP contribution in [0, 0.1) is 0 Å². The summed E-state index contributed by atoms with van der Waals surface area (Å²) >= 11 is 5.92. The summed E-state index contributed by atoms with van der Waals surface area (Å²) in [6, 6.07) is 10.9. The summed E-state index contributed by atoms with van der Waals surface area (Å²) in [5.41, 5.74) is 2.40. The molecule has 0 bridgehead atoms. The summed E-state index contributed by atoms with van der Waals surface area (Å²) in [6.07, 6.45) is 3.34. The number of nitrogens with zero attached hydrogens (tertiary/aromatic N) is 2. The smallest absolute Gasteiger partial charge is 0.130 e. The quantitative estimate of drug-likeness (QED) is 0.809. The molecule has 102 valence electrons. The zero-order valence-electron chi connectivity index (χ0n) is 11.4. The third kappa shape index (κ3) is 3.14. The molecule has 0 saturated heterocycles. The lowest BCUT2D eigenvalue weighted by Crippen LogP contribution is -2.21. The minimum atomic E-state index is -0.174. The number of hydrogen-bond acceptors (Lipinski definition) is 3. The van der Waals surface area contributed by atoms with E-state index in [1.54, 1.807) is 12.4 Å². The lowest BCUT2D eigenvalue weighted by molar-refractivity contribution is 0.361. The average Bonchev–Trinajstić information content (AvgIpc) is 2.46. The van der Waals surface area contributed by atoms with E-state index in [4.69, 9.17) is 11.6 Å². The third-order valence-corrected chi connectivity index (χ3v) is 3.33. The van der Waals surface area contributed by atoms with Gasteiger partial charge in [0.2, 0.25) is 0 Å². The summed E-state index contributed by atoms with van der Waals surface area (Å²) in [5, 5.41) is 0.673. The number of likely N-dealkylation sites (N-methyl/N-ethyl adjacent to an activating group) is 1. The first-order valence-corrected chi connectivity index (χ1v) is 6.58. The van der Waals surface area contributed by atoms with E-state index >= 15 is 0 Å². The fraction of sp³-hybridized carbons (Fsp3) is 0.188. The molecule has 1 unspecified atom stereocenters. The van der Waals surface area contributed by atoms with Crippen molar-refractivity contribution >= 4 is 23.1 Å². The predicted molar refractivity (Wildman–Crippen MR) is 81.2 cm³/mol. The highest BCUT2D eigenvalue weighted by molar-refractivity contribution is 6.30. The van der Waals surface area contributed by atoms with Gasteiger partial charge in [-0.15, -0.1) is 0 Å². The lowest BCUT2D eigenvalue weighted by atomic mass is 9.94. The zero-order valence-corrected chi connectivity index (χ0v) is 12.1. The molecule has 20 heavy (non-hydrogen) atoms. The van der Waals surface area contributed by atoms with Crippen LogP contribution in [0.3, 0.4) is 0 Å². The van der Waals surface area contributed by atoms with Crippen molar-refractivity contribution in [3.05, 3.63) is 64.9 Å². The maximum absolute atomic E-state index is 11.5. The second-order valence-corrected chi connectivity index (χ2v) is 5.11. The molecule has 2 aromatic rings. The summed E-state index contributed by atoms with van der Waals surface area (Å²) in [5.74, 6) is 2.08. The first kappa shape index (κ1) is 14.5. The molecule has 3 nitrogen and oxygen atoms in total. The number of pyridine rings is 1. The molecule has 0 saturated carbocycles. The van der Waals surface area contributed by atoms with Crippen molar-refractivity contribution in [1.82, 2.24) is 9.88 Å². The van der Waals surface area contributed by atoms with Gasteiger partial charge in [-0.05, 0) is 49.5 Å². The van der Waals surface area contributed by atoms with Crippen LogP contribution in [0.4, 0.5) is 0 Å². The predicted octanol–water partition coefficient (Wildman–Crippen LogP) is 3.25. The van der Waals surface area contributed by atoms with Gasteiger partial charge >= 0.3 is 0 Å². The van der Waals surface area contributed by atoms with Gasteiger partial charge < -0.3 is 0 Å². The van der Waals surface area contributed by atoms with Crippen LogP contribution >= 0.6 is 11.6 Å². The Labute approximate surface area is 123 Å². The topological polar surface area (TPSA) is 33.2 Å². The van der Waals surface area contributed by atoms with Gasteiger partial charge in [-0.25, -0.2) is 4.79 Å². The fourth-order valence-corrected chi connectivity index (χ4v) is 2.30. The Kier molecular flexibility index (Phi) is 4.70. The van der Waals surface area contributed by atoms with E-state index in [-0.39, 0.29) is 6.04 Å². The Morgan fingerprint density at radius 2 is 1.75 bits per heavy atom. The standard InChI is InChI=1S/C16H15ClN2O/c1-19(2)16(13-3-5-14(17)6-4-13)15(11-20)12-7-9-18-10-8-12/h3-10,16H,1-2H3. The Balaban J connectivity index is 2.48. The highest BCUT2D eigenvalue weighted by Gasteiger charge is 2.21. The van der Waals surface area contributed by atoms with Crippen molar-refractivity contribution in [2.75, 3.05) is 14.1 Å². The number of benzene rings is 1. The SMILES string of the molecule is CN(C)C(C(=C=O)c1ccncc1)c1ccc(Cl)cc1. The normalized spacial score (nSPS) is 12.0. The number of hydrogen-bond donors (Lipinski definition) is 0. The van der Waals surface area contributed by atoms with Crippen molar-refractivity contribution in [2.45, 2.75) is 6.04 Å². The zero-order chi connectivity index (χ0) is 14.5. The minimum absolute atomic E-state index is 0.174. The number of halogens is 1. The lowest BCUT2D eigenvalue weighted by Gasteiger charge is -2.25. The summed E-state index contributed by atoms with van der Waals surface area (Å²) in [4.78, 5) is 17.4. The number of aromatic nitrogens is 1. The van der Waals surface area contributed by atoms with Crippen LogP contribution < -0.4 is 0 Å². The molecule has 0 amide bonds. The monoisotopic (exact) mass is 286 g/mol. The third-order valence-electron chi connectivity index (χ3n) is 3.08. The van der Waals surface area contributed by atoms with E-state index < -0.39 is 0 Å². The summed E-state index contributed by atoms with van der Waals surface area (Å²) < 4.78 is 0. The molecule has 1 atom stereocenters. The molecular weight excluding hydrogens is 272 g/mol. The molecule has 1 heterocycles. The molecule has 0 fully saturated rings. The molecule has 0 aliphatic heterocycles. The number of rotatable bonds is 4. The first-order chi connectivity index (χ1) is 9.63. The van der Waals surface area contributed by atoms with Gasteiger partial charge in [0.25, 0.3) is 0 Å². The highest BCUT2D eigenvalue weighted by atomic mass is 35.5. The molecule has 0 aliphatic carbocycles. The Bertz CT molecular complexity index is 617. The summed E-state index contributed by atoms with van der Waals surface area (Å²) in [7, 11) is 3.86. The van der Waals surface area contributed by atoms with Gasteiger partial charge in [-0.2, -0.15) is 0 Å². The molecule has 0 spiro atoms. The minimum Gasteiger partial charge on any atom is -0.298 e. The van der Waals surface area contributed by atoms with E-state index in [1.807, 2.05) is 55.4 Å². The van der Waals surface area contributed by atoms with Crippen molar-refractivity contribution < 1.29 is 4.79 Å². The van der Waals surface area contributed by atoms with E-state index in [9.17, 15) is 4.79 Å². The van der Waals surface area contributed by atoms with Crippen LogP contribution in [0.15, 0.2) is 48.8 Å². The van der Waals surface area contributed by atoms with Gasteiger partial charge in [0.1, 0.15) is 5.94 Å². The maximum atomic E-state index is 11.5. The Morgan fingerprint density at radius 3 is 2.25 bits per heavy atom. The Hall–Kier alpha value is -1.93. The molecule has 0 N–H and O–H groups in total. The van der Waals surface area contributed by atoms with Gasteiger partial charge in [-0.1, -0.05) is 23.7 Å². The second-order valence-electron chi connectivity index (χ2n) is 4.67. The van der Waals surface area contributed by atoms with E-state index in [0.717, 1.165) is 11.1 Å². The van der Waals surface area contributed by atoms with Crippen LogP contribution in [-0.4, -0.2) is 29.9 Å². The average molecular weight is 287 g/mol. The summed E-state index contributed by atoms with van der Waals surface area (Å²) in [6.45, 7) is 0. The van der Waals surface area contributed by atoms with E-state index in [2.05, 4.69) is 10.9 Å². The van der Waals surface area contributed by atoms with E-state index in [0.29, 0.717) is 10.6 Å². The van der Waals surface area contributed by atoms with Gasteiger partial charge in [0.15, 0.2) is 0 Å². The van der Waals surface area contributed by atoms with Gasteiger partial charge in [0.05, 0.1) is 11.6 Å². The van der Waals surface area contributed by atoms with Crippen LogP contribution in [0.5, 0.6) is 0 Å². The van der Waals surface area contributed by atoms with Crippen LogP contribution in [0.25, 0.3) is 5.57 Å². The van der Waals surface area contributed by atoms with Crippen LogP contribution in [0.1, 0.15) is 17.2 Å². The van der Waals surface area contributed by atoms with E-state index in [1.165, 1.54) is 0 Å². The largest absolute Gasteiger partial charge is 0.298 e. The molecule has 1 aromatic heterocycles. The van der Waals surface area contributed by atoms with Gasteiger partial charge in [0, 0.05) is 17.4 Å². The second kappa shape index (κ2) is 6.49. The maximum Gasteiger partial charge on any atom is 0.130 e. The first-order valence-electron chi connectivity index (χ1n) is 6.20. The van der Waals surface area contributed by atoms with Crippen molar-refractivity contribution in [3.63, 3.8) is 0 Å². The van der Waals surface area contributed by atoms with Crippen LogP contribution in [0.2, 0.25) is 5.02 Å². The van der Waals surface area contributed by atoms with Crippen LogP contribution in [-0.2, 0) is 4.79 Å². The highest BCUT2D eigenvalue weighted by Crippen LogP contribution is 2.32. The molecular formula is C16H15ClN2O. The van der Waals surface area contributed by atoms with Gasteiger partial charge in [-0.3, -0.25) is 9.88 Å². The molecule has 0 radical (unpaired) electrons.